The van der Waals surface area contributed by atoms with Gasteiger partial charge in [-0.05, 0) is 34.5 Å². The van der Waals surface area contributed by atoms with Gasteiger partial charge in [-0.15, -0.1) is 0 Å². The van der Waals surface area contributed by atoms with Crippen LogP contribution in [0.2, 0.25) is 5.02 Å². The predicted octanol–water partition coefficient (Wildman–Crippen LogP) is 3.96. The minimum atomic E-state index is -0.548. The molecule has 0 aliphatic heterocycles. The van der Waals surface area contributed by atoms with Crippen LogP contribution in [-0.2, 0) is 4.79 Å². The van der Waals surface area contributed by atoms with Gasteiger partial charge in [-0.2, -0.15) is 11.3 Å². The molecular formula is C13H9ClN2O3S. The monoisotopic (exact) mass is 308 g/mol. The number of hydrogen-bond acceptors (Lipinski definition) is 4. The average Bonchev–Trinajstić information content (AvgIpc) is 2.92. The number of nitro groups is 1. The van der Waals surface area contributed by atoms with Gasteiger partial charge in [0.25, 0.3) is 5.69 Å². The number of non-ortho nitro benzene ring substituents is 1. The number of halogens is 1. The van der Waals surface area contributed by atoms with Gasteiger partial charge in [-0.1, -0.05) is 11.6 Å². The van der Waals surface area contributed by atoms with E-state index >= 15 is 0 Å². The molecule has 1 N–H and O–H groups in total. The molecule has 0 atom stereocenters. The van der Waals surface area contributed by atoms with Crippen LogP contribution in [0.25, 0.3) is 6.08 Å². The van der Waals surface area contributed by atoms with Gasteiger partial charge in [0.2, 0.25) is 5.91 Å². The number of nitrogens with zero attached hydrogens (tertiary/aromatic N) is 1. The van der Waals surface area contributed by atoms with E-state index in [0.717, 1.165) is 5.56 Å². The second kappa shape index (κ2) is 6.31. The molecule has 0 saturated carbocycles. The van der Waals surface area contributed by atoms with Crippen LogP contribution in [0.15, 0.2) is 41.1 Å². The number of nitro benzene ring substituents is 1. The molecule has 2 rings (SSSR count). The quantitative estimate of drug-likeness (QED) is 0.528. The first-order valence-corrected chi connectivity index (χ1v) is 6.83. The van der Waals surface area contributed by atoms with Crippen LogP contribution in [0.5, 0.6) is 0 Å². The summed E-state index contributed by atoms with van der Waals surface area (Å²) in [5.41, 5.74) is 0.989. The molecule has 20 heavy (non-hydrogen) atoms. The molecule has 5 nitrogen and oxygen atoms in total. The summed E-state index contributed by atoms with van der Waals surface area (Å²) in [4.78, 5) is 21.8. The first kappa shape index (κ1) is 14.2. The van der Waals surface area contributed by atoms with E-state index in [2.05, 4.69) is 5.32 Å². The Balaban J connectivity index is 2.11. The van der Waals surface area contributed by atoms with E-state index in [1.807, 2.05) is 16.8 Å². The highest BCUT2D eigenvalue weighted by molar-refractivity contribution is 7.08. The molecule has 0 bridgehead atoms. The molecular weight excluding hydrogens is 300 g/mol. The molecule has 102 valence electrons. The van der Waals surface area contributed by atoms with Crippen LogP contribution in [0, 0.1) is 10.1 Å². The third-order valence-electron chi connectivity index (χ3n) is 2.39. The van der Waals surface area contributed by atoms with Crippen LogP contribution >= 0.6 is 22.9 Å². The third-order valence-corrected chi connectivity index (χ3v) is 3.42. The number of thiophene rings is 1. The van der Waals surface area contributed by atoms with Crippen LogP contribution in [-0.4, -0.2) is 10.8 Å². The second-order valence-corrected chi connectivity index (χ2v) is 4.99. The van der Waals surface area contributed by atoms with Gasteiger partial charge >= 0.3 is 0 Å². The Labute approximate surface area is 123 Å². The number of amides is 1. The number of hydrogen-bond donors (Lipinski definition) is 1. The molecule has 0 unspecified atom stereocenters. The summed E-state index contributed by atoms with van der Waals surface area (Å²) in [6, 6.07) is 5.74. The van der Waals surface area contributed by atoms with Gasteiger partial charge in [0, 0.05) is 18.2 Å². The highest BCUT2D eigenvalue weighted by Gasteiger charge is 2.10. The largest absolute Gasteiger partial charge is 0.321 e. The van der Waals surface area contributed by atoms with E-state index in [4.69, 9.17) is 11.6 Å². The number of benzene rings is 1. The van der Waals surface area contributed by atoms with Crippen molar-refractivity contribution in [3.8, 4) is 0 Å². The first-order valence-electron chi connectivity index (χ1n) is 5.51. The molecule has 1 aromatic carbocycles. The van der Waals surface area contributed by atoms with Crippen molar-refractivity contribution in [3.05, 3.63) is 61.8 Å². The number of carbonyl (C=O) groups excluding carboxylic acids is 1. The zero-order chi connectivity index (χ0) is 14.5. The van der Waals surface area contributed by atoms with Gasteiger partial charge in [0.1, 0.15) is 0 Å². The van der Waals surface area contributed by atoms with E-state index in [1.54, 1.807) is 6.08 Å². The molecule has 1 amide bonds. The summed E-state index contributed by atoms with van der Waals surface area (Å²) in [7, 11) is 0. The van der Waals surface area contributed by atoms with Crippen LogP contribution in [0.1, 0.15) is 5.56 Å². The third kappa shape index (κ3) is 3.66. The minimum absolute atomic E-state index is 0.133. The lowest BCUT2D eigenvalue weighted by Crippen LogP contribution is -2.08. The van der Waals surface area contributed by atoms with E-state index in [0.29, 0.717) is 0 Å². The predicted molar refractivity (Wildman–Crippen MR) is 80.1 cm³/mol. The number of nitrogens with one attached hydrogen (secondary N) is 1. The van der Waals surface area contributed by atoms with E-state index < -0.39 is 10.8 Å². The van der Waals surface area contributed by atoms with Crippen LogP contribution in [0.3, 0.4) is 0 Å². The molecule has 7 heteroatoms. The van der Waals surface area contributed by atoms with Crippen molar-refractivity contribution in [1.82, 2.24) is 0 Å². The minimum Gasteiger partial charge on any atom is -0.321 e. The fourth-order valence-electron chi connectivity index (χ4n) is 1.44. The average molecular weight is 309 g/mol. The Morgan fingerprint density at radius 2 is 2.20 bits per heavy atom. The van der Waals surface area contributed by atoms with Crippen molar-refractivity contribution in [2.45, 2.75) is 0 Å². The van der Waals surface area contributed by atoms with Gasteiger partial charge in [0.05, 0.1) is 15.6 Å². The fraction of sp³-hybridized carbons (Fsp3) is 0. The van der Waals surface area contributed by atoms with E-state index in [9.17, 15) is 14.9 Å². The molecule has 0 saturated heterocycles. The maximum atomic E-state index is 11.7. The number of carbonyl (C=O) groups is 1. The maximum absolute atomic E-state index is 11.7. The Morgan fingerprint density at radius 1 is 1.40 bits per heavy atom. The Bertz CT molecular complexity index is 668. The van der Waals surface area contributed by atoms with Crippen molar-refractivity contribution >= 4 is 46.3 Å². The summed E-state index contributed by atoms with van der Waals surface area (Å²) in [6.45, 7) is 0. The molecule has 0 spiro atoms. The molecule has 2 aromatic rings. The van der Waals surface area contributed by atoms with Crippen LogP contribution < -0.4 is 5.32 Å². The Morgan fingerprint density at radius 3 is 2.85 bits per heavy atom. The van der Waals surface area contributed by atoms with Gasteiger partial charge in [0.15, 0.2) is 0 Å². The summed E-state index contributed by atoms with van der Waals surface area (Å²) >= 11 is 7.41. The highest BCUT2D eigenvalue weighted by atomic mass is 35.5. The Kier molecular flexibility index (Phi) is 4.49. The molecule has 1 aromatic heterocycles. The standard InChI is InChI=1S/C13H9ClN2O3S/c14-11-3-2-10(16(18)19)7-12(11)15-13(17)4-1-9-5-6-20-8-9/h1-8H,(H,15,17)/b4-1+. The summed E-state index contributed by atoms with van der Waals surface area (Å²) in [5.74, 6) is -0.404. The summed E-state index contributed by atoms with van der Waals surface area (Å²) in [5, 5.41) is 17.2. The SMILES string of the molecule is O=C(/C=C/c1ccsc1)Nc1cc([N+](=O)[O-])ccc1Cl. The molecule has 0 fully saturated rings. The smallest absolute Gasteiger partial charge is 0.271 e. The molecule has 0 aliphatic carbocycles. The van der Waals surface area contributed by atoms with Crippen molar-refractivity contribution in [3.63, 3.8) is 0 Å². The zero-order valence-corrected chi connectivity index (χ0v) is 11.6. The number of anilines is 1. The van der Waals surface area contributed by atoms with Crippen molar-refractivity contribution in [2.75, 3.05) is 5.32 Å². The van der Waals surface area contributed by atoms with E-state index in [1.165, 1.54) is 35.6 Å². The van der Waals surface area contributed by atoms with Crippen molar-refractivity contribution < 1.29 is 9.72 Å². The summed E-state index contributed by atoms with van der Waals surface area (Å²) in [6.07, 6.45) is 2.99. The lowest BCUT2D eigenvalue weighted by molar-refractivity contribution is -0.384. The van der Waals surface area contributed by atoms with Gasteiger partial charge in [-0.25, -0.2) is 0 Å². The fourth-order valence-corrected chi connectivity index (χ4v) is 2.23. The maximum Gasteiger partial charge on any atom is 0.271 e. The zero-order valence-electron chi connectivity index (χ0n) is 10.1. The van der Waals surface area contributed by atoms with Gasteiger partial charge < -0.3 is 5.32 Å². The van der Waals surface area contributed by atoms with Crippen LogP contribution in [0.4, 0.5) is 11.4 Å². The lowest BCUT2D eigenvalue weighted by Gasteiger charge is -2.04. The van der Waals surface area contributed by atoms with Gasteiger partial charge in [-0.3, -0.25) is 14.9 Å². The number of rotatable bonds is 4. The molecule has 0 radical (unpaired) electrons. The summed E-state index contributed by atoms with van der Waals surface area (Å²) < 4.78 is 0. The first-order chi connectivity index (χ1) is 9.56. The van der Waals surface area contributed by atoms with Crippen molar-refractivity contribution in [1.29, 1.82) is 0 Å². The normalized spacial score (nSPS) is 10.7. The molecule has 1 heterocycles. The van der Waals surface area contributed by atoms with Crippen molar-refractivity contribution in [2.24, 2.45) is 0 Å². The van der Waals surface area contributed by atoms with E-state index in [-0.39, 0.29) is 16.4 Å². The topological polar surface area (TPSA) is 72.2 Å². The highest BCUT2D eigenvalue weighted by Crippen LogP contribution is 2.26. The second-order valence-electron chi connectivity index (χ2n) is 3.80. The molecule has 0 aliphatic rings. The lowest BCUT2D eigenvalue weighted by atomic mass is 10.2. The Hall–Kier alpha value is -2.18.